The first-order valence-electron chi connectivity index (χ1n) is 9.51. The zero-order valence-electron chi connectivity index (χ0n) is 17.4. The molecule has 0 unspecified atom stereocenters. The van der Waals surface area contributed by atoms with E-state index in [1.807, 2.05) is 45.0 Å². The zero-order chi connectivity index (χ0) is 20.4. The summed E-state index contributed by atoms with van der Waals surface area (Å²) < 4.78 is 14.0. The van der Waals surface area contributed by atoms with Crippen LogP contribution >= 0.6 is 0 Å². The second-order valence-corrected chi connectivity index (χ2v) is 8.68. The molecular formula is C23H31FN2O. The van der Waals surface area contributed by atoms with Crippen molar-refractivity contribution in [2.75, 3.05) is 10.6 Å². The Kier molecular flexibility index (Phi) is 6.30. The lowest BCUT2D eigenvalue weighted by Crippen LogP contribution is -2.22. The Labute approximate surface area is 162 Å². The minimum atomic E-state index is -0.365. The van der Waals surface area contributed by atoms with Crippen LogP contribution in [0.15, 0.2) is 36.4 Å². The Morgan fingerprint density at radius 3 is 1.96 bits per heavy atom. The third-order valence-electron chi connectivity index (χ3n) is 4.63. The maximum atomic E-state index is 14.0. The normalized spacial score (nSPS) is 11.8. The van der Waals surface area contributed by atoms with E-state index in [1.165, 1.54) is 12.1 Å². The number of halogens is 1. The van der Waals surface area contributed by atoms with Crippen molar-refractivity contribution in [1.29, 1.82) is 0 Å². The summed E-state index contributed by atoms with van der Waals surface area (Å²) in [7, 11) is 0. The fourth-order valence-electron chi connectivity index (χ4n) is 3.07. The molecule has 0 bridgehead atoms. The van der Waals surface area contributed by atoms with Gasteiger partial charge in [0.05, 0.1) is 0 Å². The van der Waals surface area contributed by atoms with Crippen molar-refractivity contribution >= 4 is 17.4 Å². The molecule has 4 heteroatoms. The zero-order valence-corrected chi connectivity index (χ0v) is 17.4. The number of urea groups is 1. The quantitative estimate of drug-likeness (QED) is 0.597. The van der Waals surface area contributed by atoms with Gasteiger partial charge >= 0.3 is 6.03 Å². The molecule has 0 heterocycles. The monoisotopic (exact) mass is 370 g/mol. The standard InChI is InChI=1S/C23H31FN2O/c1-14(2)19-9-8-10-20(15(3)4)21(19)26-22(27)25-18-12-16(23(5,6)7)11-17(24)13-18/h8-15H,1-7H3,(H2,25,26,27). The van der Waals surface area contributed by atoms with Gasteiger partial charge in [0.2, 0.25) is 0 Å². The lowest BCUT2D eigenvalue weighted by atomic mass is 9.87. The van der Waals surface area contributed by atoms with Crippen LogP contribution in [0.25, 0.3) is 0 Å². The maximum Gasteiger partial charge on any atom is 0.323 e. The van der Waals surface area contributed by atoms with Crippen LogP contribution in [0.4, 0.5) is 20.6 Å². The van der Waals surface area contributed by atoms with Gasteiger partial charge in [0, 0.05) is 11.4 Å². The topological polar surface area (TPSA) is 41.1 Å². The highest BCUT2D eigenvalue weighted by Crippen LogP contribution is 2.32. The summed E-state index contributed by atoms with van der Waals surface area (Å²) in [6.07, 6.45) is 0. The molecule has 0 saturated carbocycles. The molecule has 2 aromatic rings. The number of benzene rings is 2. The van der Waals surface area contributed by atoms with E-state index in [4.69, 9.17) is 0 Å². The van der Waals surface area contributed by atoms with Gasteiger partial charge in [-0.15, -0.1) is 0 Å². The first-order valence-corrected chi connectivity index (χ1v) is 9.51. The fourth-order valence-corrected chi connectivity index (χ4v) is 3.07. The third kappa shape index (κ3) is 5.31. The highest BCUT2D eigenvalue weighted by Gasteiger charge is 2.18. The van der Waals surface area contributed by atoms with Crippen molar-refractivity contribution in [2.45, 2.75) is 65.7 Å². The molecule has 0 atom stereocenters. The van der Waals surface area contributed by atoms with Gasteiger partial charge in [-0.2, -0.15) is 0 Å². The molecule has 0 fully saturated rings. The Balaban J connectivity index is 2.31. The van der Waals surface area contributed by atoms with Crippen LogP contribution in [0, 0.1) is 5.82 Å². The van der Waals surface area contributed by atoms with E-state index in [0.717, 1.165) is 22.4 Å². The second kappa shape index (κ2) is 8.12. The predicted octanol–water partition coefficient (Wildman–Crippen LogP) is 7.01. The van der Waals surface area contributed by atoms with Gasteiger partial charge in [-0.25, -0.2) is 9.18 Å². The van der Waals surface area contributed by atoms with Crippen LogP contribution in [0.2, 0.25) is 0 Å². The molecule has 2 aromatic carbocycles. The van der Waals surface area contributed by atoms with Gasteiger partial charge in [-0.1, -0.05) is 66.7 Å². The second-order valence-electron chi connectivity index (χ2n) is 8.68. The van der Waals surface area contributed by atoms with Crippen LogP contribution in [0.5, 0.6) is 0 Å². The fraction of sp³-hybridized carbons (Fsp3) is 0.435. The first kappa shape index (κ1) is 20.9. The Hall–Kier alpha value is -2.36. The van der Waals surface area contributed by atoms with E-state index in [9.17, 15) is 9.18 Å². The molecular weight excluding hydrogens is 339 g/mol. The molecule has 0 aliphatic heterocycles. The van der Waals surface area contributed by atoms with Crippen LogP contribution in [0.3, 0.4) is 0 Å². The van der Waals surface area contributed by atoms with E-state index < -0.39 is 0 Å². The van der Waals surface area contributed by atoms with Gasteiger partial charge < -0.3 is 10.6 Å². The van der Waals surface area contributed by atoms with Gasteiger partial charge in [-0.3, -0.25) is 0 Å². The summed E-state index contributed by atoms with van der Waals surface area (Å²) in [5.41, 5.74) is 4.10. The minimum absolute atomic E-state index is 0.204. The average Bonchev–Trinajstić information content (AvgIpc) is 2.53. The SMILES string of the molecule is CC(C)c1cccc(C(C)C)c1NC(=O)Nc1cc(F)cc(C(C)(C)C)c1. The molecule has 0 radical (unpaired) electrons. The Bertz CT molecular complexity index is 793. The molecule has 2 rings (SSSR count). The van der Waals surface area contributed by atoms with Crippen LogP contribution in [-0.2, 0) is 5.41 Å². The number of anilines is 2. The smallest absolute Gasteiger partial charge is 0.308 e. The van der Waals surface area contributed by atoms with Crippen molar-refractivity contribution in [3.63, 3.8) is 0 Å². The van der Waals surface area contributed by atoms with Crippen LogP contribution in [0.1, 0.15) is 77.0 Å². The van der Waals surface area contributed by atoms with Gasteiger partial charge in [0.15, 0.2) is 0 Å². The highest BCUT2D eigenvalue weighted by molar-refractivity contribution is 6.01. The molecule has 2 amide bonds. The predicted molar refractivity (Wildman–Crippen MR) is 112 cm³/mol. The summed E-state index contributed by atoms with van der Waals surface area (Å²) >= 11 is 0. The molecule has 0 aliphatic rings. The summed E-state index contributed by atoms with van der Waals surface area (Å²) in [5, 5.41) is 5.78. The largest absolute Gasteiger partial charge is 0.323 e. The van der Waals surface area contributed by atoms with E-state index in [2.05, 4.69) is 38.3 Å². The summed E-state index contributed by atoms with van der Waals surface area (Å²) in [6.45, 7) is 14.4. The summed E-state index contributed by atoms with van der Waals surface area (Å²) in [4.78, 5) is 12.7. The number of hydrogen-bond donors (Lipinski definition) is 2. The maximum absolute atomic E-state index is 14.0. The molecule has 146 valence electrons. The third-order valence-corrected chi connectivity index (χ3v) is 4.63. The van der Waals surface area contributed by atoms with Gasteiger partial charge in [0.1, 0.15) is 5.82 Å². The Morgan fingerprint density at radius 2 is 1.48 bits per heavy atom. The molecule has 0 aliphatic carbocycles. The summed E-state index contributed by atoms with van der Waals surface area (Å²) in [5.74, 6) is 0.199. The van der Waals surface area contributed by atoms with E-state index >= 15 is 0 Å². The van der Waals surface area contributed by atoms with Crippen molar-refractivity contribution < 1.29 is 9.18 Å². The number of hydrogen-bond acceptors (Lipinski definition) is 1. The highest BCUT2D eigenvalue weighted by atomic mass is 19.1. The van der Waals surface area contributed by atoms with Crippen LogP contribution in [-0.4, -0.2) is 6.03 Å². The molecule has 2 N–H and O–H groups in total. The lowest BCUT2D eigenvalue weighted by Gasteiger charge is -2.22. The molecule has 0 spiro atoms. The van der Waals surface area contributed by atoms with Crippen molar-refractivity contribution in [3.05, 3.63) is 58.9 Å². The molecule has 0 aromatic heterocycles. The first-order chi connectivity index (χ1) is 12.5. The van der Waals surface area contributed by atoms with Crippen molar-refractivity contribution in [3.8, 4) is 0 Å². The minimum Gasteiger partial charge on any atom is -0.308 e. The number of rotatable bonds is 4. The van der Waals surface area contributed by atoms with Gasteiger partial charge in [0.25, 0.3) is 0 Å². The van der Waals surface area contributed by atoms with E-state index in [-0.39, 0.29) is 29.1 Å². The van der Waals surface area contributed by atoms with Crippen LogP contribution < -0.4 is 10.6 Å². The molecule has 3 nitrogen and oxygen atoms in total. The summed E-state index contributed by atoms with van der Waals surface area (Å²) in [6, 6.07) is 10.4. The average molecular weight is 371 g/mol. The number of para-hydroxylation sites is 1. The number of carbonyl (C=O) groups excluding carboxylic acids is 1. The van der Waals surface area contributed by atoms with Crippen molar-refractivity contribution in [1.82, 2.24) is 0 Å². The van der Waals surface area contributed by atoms with Crippen molar-refractivity contribution in [2.24, 2.45) is 0 Å². The number of nitrogens with one attached hydrogen (secondary N) is 2. The molecule has 27 heavy (non-hydrogen) atoms. The van der Waals surface area contributed by atoms with E-state index in [0.29, 0.717) is 5.69 Å². The lowest BCUT2D eigenvalue weighted by molar-refractivity contribution is 0.262. The Morgan fingerprint density at radius 1 is 0.926 bits per heavy atom. The number of amides is 2. The van der Waals surface area contributed by atoms with E-state index in [1.54, 1.807) is 0 Å². The van der Waals surface area contributed by atoms with Gasteiger partial charge in [-0.05, 0) is 52.1 Å². The molecule has 0 saturated heterocycles. The number of carbonyl (C=O) groups is 1.